The number of hydrogen-bond donors (Lipinski definition) is 1. The highest BCUT2D eigenvalue weighted by Gasteiger charge is 2.27. The quantitative estimate of drug-likeness (QED) is 0.625. The standard InChI is InChI=1S/C17H24N2O7S/c1-6-24-9-12(21)26-8-11(20)18-15-13(17(23)25-7-2)10(3)14(27-15)16(22)19(4)5/h6-9H2,1-5H3,(H,18,20). The van der Waals surface area contributed by atoms with E-state index in [9.17, 15) is 19.2 Å². The maximum absolute atomic E-state index is 12.3. The average Bonchev–Trinajstić information content (AvgIpc) is 2.93. The van der Waals surface area contributed by atoms with Crippen LogP contribution >= 0.6 is 11.3 Å². The van der Waals surface area contributed by atoms with Crippen LogP contribution in [0.2, 0.25) is 0 Å². The van der Waals surface area contributed by atoms with Gasteiger partial charge in [-0.25, -0.2) is 9.59 Å². The Balaban J connectivity index is 2.99. The minimum Gasteiger partial charge on any atom is -0.462 e. The van der Waals surface area contributed by atoms with Crippen molar-refractivity contribution in [2.45, 2.75) is 20.8 Å². The van der Waals surface area contributed by atoms with Crippen LogP contribution in [-0.4, -0.2) is 69.2 Å². The van der Waals surface area contributed by atoms with Crippen molar-refractivity contribution >= 4 is 40.1 Å². The Bertz CT molecular complexity index is 712. The molecule has 0 atom stereocenters. The van der Waals surface area contributed by atoms with E-state index in [0.29, 0.717) is 17.0 Å². The van der Waals surface area contributed by atoms with Crippen molar-refractivity contribution in [3.05, 3.63) is 16.0 Å². The zero-order valence-electron chi connectivity index (χ0n) is 16.0. The summed E-state index contributed by atoms with van der Waals surface area (Å²) in [5.41, 5.74) is 0.529. The third-order valence-corrected chi connectivity index (χ3v) is 4.46. The summed E-state index contributed by atoms with van der Waals surface area (Å²) in [5.74, 6) is -2.27. The van der Waals surface area contributed by atoms with E-state index in [2.05, 4.69) is 5.32 Å². The molecule has 1 rings (SSSR count). The molecule has 9 nitrogen and oxygen atoms in total. The van der Waals surface area contributed by atoms with Gasteiger partial charge in [-0.1, -0.05) is 0 Å². The van der Waals surface area contributed by atoms with E-state index in [-0.39, 0.29) is 29.7 Å². The second-order valence-electron chi connectivity index (χ2n) is 5.53. The Morgan fingerprint density at radius 2 is 1.70 bits per heavy atom. The molecule has 0 fully saturated rings. The fourth-order valence-corrected chi connectivity index (χ4v) is 3.23. The Morgan fingerprint density at radius 1 is 1.04 bits per heavy atom. The number of rotatable bonds is 9. The number of carbonyl (C=O) groups excluding carboxylic acids is 4. The number of hydrogen-bond acceptors (Lipinski definition) is 8. The Kier molecular flexibility index (Phi) is 8.89. The van der Waals surface area contributed by atoms with Gasteiger partial charge >= 0.3 is 11.9 Å². The second-order valence-corrected chi connectivity index (χ2v) is 6.55. The van der Waals surface area contributed by atoms with Crippen LogP contribution in [0.15, 0.2) is 0 Å². The molecule has 0 aromatic carbocycles. The maximum atomic E-state index is 12.3. The fourth-order valence-electron chi connectivity index (χ4n) is 1.99. The molecule has 1 aromatic rings. The summed E-state index contributed by atoms with van der Waals surface area (Å²) in [6.07, 6.45) is 0. The predicted molar refractivity (Wildman–Crippen MR) is 99.1 cm³/mol. The lowest BCUT2D eigenvalue weighted by atomic mass is 10.1. The van der Waals surface area contributed by atoms with Crippen molar-refractivity contribution in [2.75, 3.05) is 45.8 Å². The molecule has 1 N–H and O–H groups in total. The topological polar surface area (TPSA) is 111 Å². The monoisotopic (exact) mass is 400 g/mol. The molecule has 0 saturated heterocycles. The molecular formula is C17H24N2O7S. The molecular weight excluding hydrogens is 376 g/mol. The minimum atomic E-state index is -0.677. The zero-order chi connectivity index (χ0) is 20.6. The molecule has 1 heterocycles. The van der Waals surface area contributed by atoms with Crippen LogP contribution in [-0.2, 0) is 23.8 Å². The molecule has 27 heavy (non-hydrogen) atoms. The van der Waals surface area contributed by atoms with Crippen LogP contribution in [0.1, 0.15) is 39.4 Å². The van der Waals surface area contributed by atoms with Crippen molar-refractivity contribution in [3.8, 4) is 0 Å². The molecule has 150 valence electrons. The SMILES string of the molecule is CCOCC(=O)OCC(=O)Nc1sc(C(=O)N(C)C)c(C)c1C(=O)OCC. The highest BCUT2D eigenvalue weighted by Crippen LogP contribution is 2.34. The van der Waals surface area contributed by atoms with Gasteiger partial charge in [0, 0.05) is 20.7 Å². The molecule has 0 aliphatic rings. The fraction of sp³-hybridized carbons (Fsp3) is 0.529. The Morgan fingerprint density at radius 3 is 2.26 bits per heavy atom. The number of nitrogens with zero attached hydrogens (tertiary/aromatic N) is 1. The summed E-state index contributed by atoms with van der Waals surface area (Å²) in [6.45, 7) is 4.69. The van der Waals surface area contributed by atoms with E-state index in [1.54, 1.807) is 34.9 Å². The van der Waals surface area contributed by atoms with Crippen molar-refractivity contribution < 1.29 is 33.4 Å². The van der Waals surface area contributed by atoms with Gasteiger partial charge in [0.05, 0.1) is 17.0 Å². The van der Waals surface area contributed by atoms with Gasteiger partial charge in [0.25, 0.3) is 11.8 Å². The van der Waals surface area contributed by atoms with Gasteiger partial charge in [-0.2, -0.15) is 0 Å². The molecule has 0 unspecified atom stereocenters. The maximum Gasteiger partial charge on any atom is 0.341 e. The number of amides is 2. The van der Waals surface area contributed by atoms with E-state index >= 15 is 0 Å². The molecule has 0 aliphatic heterocycles. The lowest BCUT2D eigenvalue weighted by molar-refractivity contribution is -0.151. The van der Waals surface area contributed by atoms with Crippen LogP contribution in [0.3, 0.4) is 0 Å². The lowest BCUT2D eigenvalue weighted by Crippen LogP contribution is -2.23. The highest BCUT2D eigenvalue weighted by molar-refractivity contribution is 7.18. The van der Waals surface area contributed by atoms with Crippen molar-refractivity contribution in [1.82, 2.24) is 4.90 Å². The summed E-state index contributed by atoms with van der Waals surface area (Å²) in [4.78, 5) is 49.7. The zero-order valence-corrected chi connectivity index (χ0v) is 16.9. The summed E-state index contributed by atoms with van der Waals surface area (Å²) >= 11 is 0.964. The smallest absolute Gasteiger partial charge is 0.341 e. The first-order valence-electron chi connectivity index (χ1n) is 8.28. The Hall–Kier alpha value is -2.46. The summed E-state index contributed by atoms with van der Waals surface area (Å²) in [6, 6.07) is 0. The Labute approximate surface area is 161 Å². The first-order valence-corrected chi connectivity index (χ1v) is 9.09. The van der Waals surface area contributed by atoms with E-state index < -0.39 is 24.5 Å². The third-order valence-electron chi connectivity index (χ3n) is 3.27. The molecule has 2 amide bonds. The highest BCUT2D eigenvalue weighted by atomic mass is 32.1. The molecule has 0 spiro atoms. The normalized spacial score (nSPS) is 10.3. The lowest BCUT2D eigenvalue weighted by Gasteiger charge is -2.09. The number of carbonyl (C=O) groups is 4. The number of nitrogens with one attached hydrogen (secondary N) is 1. The first-order chi connectivity index (χ1) is 12.7. The van der Waals surface area contributed by atoms with E-state index in [0.717, 1.165) is 11.3 Å². The molecule has 0 saturated carbocycles. The van der Waals surface area contributed by atoms with Crippen LogP contribution in [0.4, 0.5) is 5.00 Å². The third kappa shape index (κ3) is 6.33. The number of esters is 2. The van der Waals surface area contributed by atoms with Gasteiger partial charge in [-0.15, -0.1) is 11.3 Å². The largest absolute Gasteiger partial charge is 0.462 e. The van der Waals surface area contributed by atoms with Gasteiger partial charge in [-0.3, -0.25) is 9.59 Å². The van der Waals surface area contributed by atoms with Crippen LogP contribution in [0, 0.1) is 6.92 Å². The average molecular weight is 400 g/mol. The van der Waals surface area contributed by atoms with Crippen LogP contribution in [0.5, 0.6) is 0 Å². The van der Waals surface area contributed by atoms with Gasteiger partial charge < -0.3 is 24.4 Å². The van der Waals surface area contributed by atoms with E-state index in [1.807, 2.05) is 0 Å². The summed E-state index contributed by atoms with van der Waals surface area (Å²) in [7, 11) is 3.17. The van der Waals surface area contributed by atoms with Crippen LogP contribution in [0.25, 0.3) is 0 Å². The molecule has 0 aliphatic carbocycles. The summed E-state index contributed by atoms with van der Waals surface area (Å²) in [5, 5.41) is 2.67. The van der Waals surface area contributed by atoms with Gasteiger partial charge in [-0.05, 0) is 26.3 Å². The number of ether oxygens (including phenoxy) is 3. The van der Waals surface area contributed by atoms with Crippen molar-refractivity contribution in [3.63, 3.8) is 0 Å². The van der Waals surface area contributed by atoms with Crippen molar-refractivity contribution in [1.29, 1.82) is 0 Å². The second kappa shape index (κ2) is 10.6. The number of thiophene rings is 1. The molecule has 1 aromatic heterocycles. The number of anilines is 1. The molecule has 0 radical (unpaired) electrons. The summed E-state index contributed by atoms with van der Waals surface area (Å²) < 4.78 is 14.7. The van der Waals surface area contributed by atoms with Gasteiger partial charge in [0.15, 0.2) is 6.61 Å². The van der Waals surface area contributed by atoms with E-state index in [1.165, 1.54) is 4.90 Å². The van der Waals surface area contributed by atoms with Gasteiger partial charge in [0.2, 0.25) is 0 Å². The van der Waals surface area contributed by atoms with Crippen molar-refractivity contribution in [2.24, 2.45) is 0 Å². The minimum absolute atomic E-state index is 0.112. The van der Waals surface area contributed by atoms with E-state index in [4.69, 9.17) is 14.2 Å². The van der Waals surface area contributed by atoms with Crippen LogP contribution < -0.4 is 5.32 Å². The molecule has 10 heteroatoms. The molecule has 0 bridgehead atoms. The predicted octanol–water partition coefficient (Wildman–Crippen LogP) is 1.45. The first kappa shape index (κ1) is 22.6. The van der Waals surface area contributed by atoms with Gasteiger partial charge in [0.1, 0.15) is 11.6 Å².